The second-order valence-corrected chi connectivity index (χ2v) is 6.85. The largest absolute Gasteiger partial charge is 0.325 e. The molecule has 1 amide bonds. The van der Waals surface area contributed by atoms with Crippen molar-refractivity contribution in [1.82, 2.24) is 20.2 Å². The first-order valence-electron chi connectivity index (χ1n) is 6.57. The zero-order chi connectivity index (χ0) is 16.1. The fraction of sp³-hybridized carbons (Fsp3) is 0.417. The van der Waals surface area contributed by atoms with E-state index < -0.39 is 11.2 Å². The van der Waals surface area contributed by atoms with Gasteiger partial charge in [-0.2, -0.15) is 0 Å². The summed E-state index contributed by atoms with van der Waals surface area (Å²) in [5.41, 5.74) is -0.148. The van der Waals surface area contributed by atoms with Crippen molar-refractivity contribution in [3.8, 4) is 0 Å². The lowest BCUT2D eigenvalue weighted by molar-refractivity contribution is -0.116. The molecule has 0 spiro atoms. The first-order chi connectivity index (χ1) is 10.5. The minimum atomic E-state index is -0.550. The Kier molecular flexibility index (Phi) is 5.50. The smallest absolute Gasteiger partial charge is 0.311 e. The normalized spacial score (nSPS) is 10.6. The maximum atomic E-state index is 11.9. The van der Waals surface area contributed by atoms with Crippen LogP contribution in [0.2, 0.25) is 0 Å². The SMILES string of the molecule is CCSc1nnc(NC(=O)CCc2c(C)[nH]c(=O)[nH]c2=O)s1. The number of anilines is 1. The summed E-state index contributed by atoms with van der Waals surface area (Å²) in [6.07, 6.45) is 0.352. The molecule has 0 aliphatic heterocycles. The second-order valence-electron chi connectivity index (χ2n) is 4.37. The van der Waals surface area contributed by atoms with Crippen molar-refractivity contribution < 1.29 is 4.79 Å². The van der Waals surface area contributed by atoms with Crippen LogP contribution in [0.5, 0.6) is 0 Å². The number of hydrogen-bond acceptors (Lipinski definition) is 7. The summed E-state index contributed by atoms with van der Waals surface area (Å²) < 4.78 is 0.797. The van der Waals surface area contributed by atoms with E-state index in [2.05, 4.69) is 25.5 Å². The molecule has 0 bridgehead atoms. The van der Waals surface area contributed by atoms with Gasteiger partial charge in [0.15, 0.2) is 4.34 Å². The summed E-state index contributed by atoms with van der Waals surface area (Å²) in [4.78, 5) is 39.3. The van der Waals surface area contributed by atoms with E-state index in [-0.39, 0.29) is 18.7 Å². The molecule has 0 unspecified atom stereocenters. The Hall–Kier alpha value is -1.94. The summed E-state index contributed by atoms with van der Waals surface area (Å²) in [6, 6.07) is 0. The predicted molar refractivity (Wildman–Crippen MR) is 85.7 cm³/mol. The number of nitrogens with one attached hydrogen (secondary N) is 3. The Labute approximate surface area is 133 Å². The second kappa shape index (κ2) is 7.36. The molecule has 0 saturated carbocycles. The standard InChI is InChI=1S/C12H15N5O3S2/c1-3-21-12-17-16-11(22-12)14-8(18)5-4-7-6(2)13-10(20)15-9(7)19/h3-5H2,1-2H3,(H,14,16,18)(H2,13,15,19,20). The van der Waals surface area contributed by atoms with Crippen molar-refractivity contribution in [1.29, 1.82) is 0 Å². The first-order valence-corrected chi connectivity index (χ1v) is 8.38. The fourth-order valence-corrected chi connectivity index (χ4v) is 3.45. The molecule has 3 N–H and O–H groups in total. The molecule has 2 aromatic heterocycles. The maximum absolute atomic E-state index is 11.9. The zero-order valence-electron chi connectivity index (χ0n) is 12.1. The van der Waals surface area contributed by atoms with Crippen LogP contribution in [-0.4, -0.2) is 31.8 Å². The number of thioether (sulfide) groups is 1. The quantitative estimate of drug-likeness (QED) is 0.530. The number of hydrogen-bond donors (Lipinski definition) is 3. The van der Waals surface area contributed by atoms with Gasteiger partial charge in [-0.3, -0.25) is 14.6 Å². The average molecular weight is 341 g/mol. The van der Waals surface area contributed by atoms with Crippen molar-refractivity contribution in [2.75, 3.05) is 11.1 Å². The van der Waals surface area contributed by atoms with E-state index in [9.17, 15) is 14.4 Å². The van der Waals surface area contributed by atoms with Gasteiger partial charge in [-0.25, -0.2) is 4.79 Å². The molecular weight excluding hydrogens is 326 g/mol. The Morgan fingerprint density at radius 3 is 2.77 bits per heavy atom. The molecule has 118 valence electrons. The molecule has 0 saturated heterocycles. The van der Waals surface area contributed by atoms with Crippen molar-refractivity contribution in [2.45, 2.75) is 31.0 Å². The zero-order valence-corrected chi connectivity index (χ0v) is 13.7. The van der Waals surface area contributed by atoms with Crippen LogP contribution in [0.3, 0.4) is 0 Å². The number of carbonyl (C=O) groups excluding carboxylic acids is 1. The molecule has 8 nitrogen and oxygen atoms in total. The summed E-state index contributed by atoms with van der Waals surface area (Å²) in [7, 11) is 0. The number of aryl methyl sites for hydroxylation is 1. The van der Waals surface area contributed by atoms with Crippen molar-refractivity contribution in [2.24, 2.45) is 0 Å². The molecule has 10 heteroatoms. The third-order valence-corrected chi connectivity index (χ3v) is 4.63. The summed E-state index contributed by atoms with van der Waals surface area (Å²) in [5.74, 6) is 0.630. The van der Waals surface area contributed by atoms with Crippen LogP contribution in [0.25, 0.3) is 0 Å². The van der Waals surface area contributed by atoms with E-state index in [1.54, 1.807) is 18.7 Å². The number of aromatic amines is 2. The van der Waals surface area contributed by atoms with Gasteiger partial charge in [0.2, 0.25) is 11.0 Å². The van der Waals surface area contributed by atoms with E-state index in [0.29, 0.717) is 16.4 Å². The minimum Gasteiger partial charge on any atom is -0.311 e. The van der Waals surface area contributed by atoms with Crippen LogP contribution in [0.15, 0.2) is 13.9 Å². The van der Waals surface area contributed by atoms with Crippen molar-refractivity contribution >= 4 is 34.1 Å². The van der Waals surface area contributed by atoms with Gasteiger partial charge in [0.1, 0.15) is 0 Å². The third kappa shape index (κ3) is 4.28. The van der Waals surface area contributed by atoms with Crippen LogP contribution in [0.1, 0.15) is 24.6 Å². The highest BCUT2D eigenvalue weighted by molar-refractivity contribution is 8.01. The molecular formula is C12H15N5O3S2. The highest BCUT2D eigenvalue weighted by atomic mass is 32.2. The highest BCUT2D eigenvalue weighted by Crippen LogP contribution is 2.24. The van der Waals surface area contributed by atoms with Gasteiger partial charge in [-0.1, -0.05) is 30.0 Å². The van der Waals surface area contributed by atoms with E-state index in [4.69, 9.17) is 0 Å². The number of H-pyrrole nitrogens is 2. The topological polar surface area (TPSA) is 121 Å². The number of amides is 1. The van der Waals surface area contributed by atoms with Crippen molar-refractivity contribution in [3.63, 3.8) is 0 Å². The number of aromatic nitrogens is 4. The number of carbonyl (C=O) groups is 1. The van der Waals surface area contributed by atoms with Gasteiger partial charge in [-0.05, 0) is 19.1 Å². The fourth-order valence-electron chi connectivity index (χ4n) is 1.79. The van der Waals surface area contributed by atoms with Gasteiger partial charge in [0.05, 0.1) is 0 Å². The Balaban J connectivity index is 1.95. The summed E-state index contributed by atoms with van der Waals surface area (Å²) in [6.45, 7) is 3.64. The lowest BCUT2D eigenvalue weighted by Gasteiger charge is -2.03. The van der Waals surface area contributed by atoms with E-state index >= 15 is 0 Å². The predicted octanol–water partition coefficient (Wildman–Crippen LogP) is 0.906. The van der Waals surface area contributed by atoms with Crippen molar-refractivity contribution in [3.05, 3.63) is 32.1 Å². The molecule has 0 radical (unpaired) electrons. The molecule has 2 rings (SSSR count). The van der Waals surface area contributed by atoms with Gasteiger partial charge in [-0.15, -0.1) is 10.2 Å². The van der Waals surface area contributed by atoms with Crippen LogP contribution >= 0.6 is 23.1 Å². The molecule has 2 aromatic rings. The Morgan fingerprint density at radius 2 is 2.09 bits per heavy atom. The van der Waals surface area contributed by atoms with Crippen LogP contribution in [0, 0.1) is 6.92 Å². The van der Waals surface area contributed by atoms with Gasteiger partial charge in [0, 0.05) is 17.7 Å². The third-order valence-electron chi connectivity index (χ3n) is 2.78. The molecule has 0 fully saturated rings. The van der Waals surface area contributed by atoms with Gasteiger partial charge >= 0.3 is 5.69 Å². The lowest BCUT2D eigenvalue weighted by Crippen LogP contribution is -2.27. The summed E-state index contributed by atoms with van der Waals surface area (Å²) in [5, 5.41) is 10.9. The van der Waals surface area contributed by atoms with Crippen LogP contribution in [-0.2, 0) is 11.2 Å². The van der Waals surface area contributed by atoms with Crippen LogP contribution < -0.4 is 16.6 Å². The molecule has 0 aromatic carbocycles. The number of nitrogens with zero attached hydrogens (tertiary/aromatic N) is 2. The summed E-state index contributed by atoms with van der Waals surface area (Å²) >= 11 is 2.86. The maximum Gasteiger partial charge on any atom is 0.325 e. The molecule has 0 aliphatic carbocycles. The van der Waals surface area contributed by atoms with E-state index in [0.717, 1.165) is 10.1 Å². The van der Waals surface area contributed by atoms with Crippen LogP contribution in [0.4, 0.5) is 5.13 Å². The Morgan fingerprint density at radius 1 is 1.32 bits per heavy atom. The monoisotopic (exact) mass is 341 g/mol. The molecule has 2 heterocycles. The first kappa shape index (κ1) is 16.4. The average Bonchev–Trinajstić information content (AvgIpc) is 2.85. The highest BCUT2D eigenvalue weighted by Gasteiger charge is 2.11. The van der Waals surface area contributed by atoms with E-state index in [1.807, 2.05) is 6.92 Å². The van der Waals surface area contributed by atoms with Gasteiger partial charge < -0.3 is 10.3 Å². The molecule has 22 heavy (non-hydrogen) atoms. The van der Waals surface area contributed by atoms with Gasteiger partial charge in [0.25, 0.3) is 5.56 Å². The molecule has 0 aliphatic rings. The molecule has 0 atom stereocenters. The minimum absolute atomic E-state index is 0.117. The Bertz CT molecular complexity index is 780. The number of rotatable bonds is 6. The van der Waals surface area contributed by atoms with E-state index in [1.165, 1.54) is 11.3 Å². The lowest BCUT2D eigenvalue weighted by atomic mass is 10.1.